The Kier molecular flexibility index (Phi) is 6.61. The van der Waals surface area contributed by atoms with Gasteiger partial charge in [0.1, 0.15) is 0 Å². The average Bonchev–Trinajstić information content (AvgIpc) is 2.60. The first-order valence-electron chi connectivity index (χ1n) is 8.37. The largest absolute Gasteiger partial charge is 0.481 e. The summed E-state index contributed by atoms with van der Waals surface area (Å²) in [4.78, 5) is 24.5. The summed E-state index contributed by atoms with van der Waals surface area (Å²) < 4.78 is 5.92. The van der Waals surface area contributed by atoms with Crippen LogP contribution in [0.3, 0.4) is 0 Å². The van der Waals surface area contributed by atoms with E-state index in [1.165, 1.54) is 4.90 Å². The van der Waals surface area contributed by atoms with Crippen LogP contribution >= 0.6 is 0 Å². The third-order valence-corrected chi connectivity index (χ3v) is 4.40. The van der Waals surface area contributed by atoms with E-state index in [1.54, 1.807) is 14.0 Å². The van der Waals surface area contributed by atoms with Crippen molar-refractivity contribution in [1.29, 1.82) is 0 Å². The van der Waals surface area contributed by atoms with Crippen LogP contribution in [0.15, 0.2) is 30.3 Å². The summed E-state index contributed by atoms with van der Waals surface area (Å²) in [6, 6.07) is 9.80. The highest BCUT2D eigenvalue weighted by atomic mass is 16.5. The standard InChI is InChI=1S/C18H26N2O4/c1-13(17(21)22)12-20(2)18(23)19-11-15-9-6-10-24-16(15)14-7-4-3-5-8-14/h3-5,7-8,13,15-16H,6,9-12H2,1-2H3,(H,19,23)(H,21,22). The number of hydrogen-bond acceptors (Lipinski definition) is 3. The van der Waals surface area contributed by atoms with Gasteiger partial charge in [-0.3, -0.25) is 4.79 Å². The Morgan fingerprint density at radius 1 is 1.38 bits per heavy atom. The lowest BCUT2D eigenvalue weighted by Gasteiger charge is -2.32. The maximum Gasteiger partial charge on any atom is 0.317 e. The van der Waals surface area contributed by atoms with E-state index in [0.717, 1.165) is 25.0 Å². The monoisotopic (exact) mass is 334 g/mol. The summed E-state index contributed by atoms with van der Waals surface area (Å²) in [5.41, 5.74) is 1.13. The van der Waals surface area contributed by atoms with Gasteiger partial charge in [-0.25, -0.2) is 4.79 Å². The molecule has 24 heavy (non-hydrogen) atoms. The number of urea groups is 1. The normalized spacial score (nSPS) is 21.8. The van der Waals surface area contributed by atoms with Crippen LogP contribution in [0, 0.1) is 11.8 Å². The van der Waals surface area contributed by atoms with Gasteiger partial charge in [-0.1, -0.05) is 37.3 Å². The number of benzene rings is 1. The second-order valence-electron chi connectivity index (χ2n) is 6.41. The molecule has 2 rings (SSSR count). The molecule has 0 aliphatic carbocycles. The van der Waals surface area contributed by atoms with E-state index in [9.17, 15) is 9.59 Å². The van der Waals surface area contributed by atoms with Gasteiger partial charge in [0.05, 0.1) is 12.0 Å². The molecule has 132 valence electrons. The van der Waals surface area contributed by atoms with E-state index in [1.807, 2.05) is 30.3 Å². The Morgan fingerprint density at radius 3 is 2.75 bits per heavy atom. The fraction of sp³-hybridized carbons (Fsp3) is 0.556. The molecule has 6 nitrogen and oxygen atoms in total. The molecule has 0 saturated carbocycles. The van der Waals surface area contributed by atoms with Crippen LogP contribution in [0.1, 0.15) is 31.4 Å². The predicted molar refractivity (Wildman–Crippen MR) is 90.7 cm³/mol. The first-order chi connectivity index (χ1) is 11.5. The molecule has 1 aromatic carbocycles. The molecular weight excluding hydrogens is 308 g/mol. The number of rotatable bonds is 6. The van der Waals surface area contributed by atoms with Crippen molar-refractivity contribution in [3.05, 3.63) is 35.9 Å². The first-order valence-corrected chi connectivity index (χ1v) is 8.37. The maximum atomic E-state index is 12.2. The van der Waals surface area contributed by atoms with E-state index in [2.05, 4.69) is 5.32 Å². The highest BCUT2D eigenvalue weighted by Gasteiger charge is 2.28. The lowest BCUT2D eigenvalue weighted by atomic mass is 9.89. The minimum absolute atomic E-state index is 0.0106. The molecule has 0 aromatic heterocycles. The number of carboxylic acid groups (broad SMARTS) is 1. The molecule has 0 spiro atoms. The van der Waals surface area contributed by atoms with E-state index in [4.69, 9.17) is 9.84 Å². The highest BCUT2D eigenvalue weighted by molar-refractivity contribution is 5.75. The Morgan fingerprint density at radius 2 is 2.08 bits per heavy atom. The number of nitrogens with one attached hydrogen (secondary N) is 1. The van der Waals surface area contributed by atoms with Crippen molar-refractivity contribution >= 4 is 12.0 Å². The molecular formula is C18H26N2O4. The van der Waals surface area contributed by atoms with Gasteiger partial charge in [-0.2, -0.15) is 0 Å². The van der Waals surface area contributed by atoms with Gasteiger partial charge >= 0.3 is 12.0 Å². The number of nitrogens with zero attached hydrogens (tertiary/aromatic N) is 1. The zero-order valence-corrected chi connectivity index (χ0v) is 14.3. The van der Waals surface area contributed by atoms with Gasteiger partial charge < -0.3 is 20.1 Å². The Bertz CT molecular complexity index is 549. The summed E-state index contributed by atoms with van der Waals surface area (Å²) in [7, 11) is 1.61. The molecule has 2 amide bonds. The topological polar surface area (TPSA) is 78.9 Å². The predicted octanol–water partition coefficient (Wildman–Crippen LogP) is 2.52. The molecule has 3 atom stereocenters. The average molecular weight is 334 g/mol. The quantitative estimate of drug-likeness (QED) is 0.838. The molecule has 3 unspecified atom stereocenters. The molecule has 6 heteroatoms. The van der Waals surface area contributed by atoms with Crippen LogP contribution in [0.4, 0.5) is 4.79 Å². The van der Waals surface area contributed by atoms with Crippen LogP contribution in [0.25, 0.3) is 0 Å². The minimum atomic E-state index is -0.903. The maximum absolute atomic E-state index is 12.2. The summed E-state index contributed by atoms with van der Waals surface area (Å²) in [5, 5.41) is 11.8. The Labute approximate surface area is 142 Å². The minimum Gasteiger partial charge on any atom is -0.481 e. The number of hydrogen-bond donors (Lipinski definition) is 2. The van der Waals surface area contributed by atoms with Crippen LogP contribution in [-0.2, 0) is 9.53 Å². The Balaban J connectivity index is 1.89. The van der Waals surface area contributed by atoms with Gasteiger partial charge in [-0.05, 0) is 18.4 Å². The molecule has 1 aliphatic rings. The van der Waals surface area contributed by atoms with Crippen molar-refractivity contribution in [2.75, 3.05) is 26.7 Å². The number of carbonyl (C=O) groups is 2. The molecule has 0 bridgehead atoms. The summed E-state index contributed by atoms with van der Waals surface area (Å²) in [5.74, 6) is -1.27. The molecule has 1 saturated heterocycles. The van der Waals surface area contributed by atoms with Crippen LogP contribution in [0.2, 0.25) is 0 Å². The van der Waals surface area contributed by atoms with E-state index in [0.29, 0.717) is 6.54 Å². The molecule has 1 aromatic rings. The van der Waals surface area contributed by atoms with Gasteiger partial charge in [0.2, 0.25) is 0 Å². The molecule has 1 heterocycles. The second kappa shape index (κ2) is 8.68. The lowest BCUT2D eigenvalue weighted by molar-refractivity contribution is -0.141. The summed E-state index contributed by atoms with van der Waals surface area (Å²) in [6.07, 6.45) is 1.97. The van der Waals surface area contributed by atoms with Crippen molar-refractivity contribution in [3.63, 3.8) is 0 Å². The number of carbonyl (C=O) groups excluding carboxylic acids is 1. The summed E-state index contributed by atoms with van der Waals surface area (Å²) in [6.45, 7) is 3.03. The van der Waals surface area contributed by atoms with Crippen LogP contribution < -0.4 is 5.32 Å². The smallest absolute Gasteiger partial charge is 0.317 e. The first kappa shape index (κ1) is 18.3. The SMILES string of the molecule is CC(CN(C)C(=O)NCC1CCCOC1c1ccccc1)C(=O)O. The van der Waals surface area contributed by atoms with Crippen LogP contribution in [0.5, 0.6) is 0 Å². The second-order valence-corrected chi connectivity index (χ2v) is 6.41. The highest BCUT2D eigenvalue weighted by Crippen LogP contribution is 2.33. The van der Waals surface area contributed by atoms with Crippen molar-refractivity contribution in [3.8, 4) is 0 Å². The van der Waals surface area contributed by atoms with Gasteiger partial charge in [0.15, 0.2) is 0 Å². The van der Waals surface area contributed by atoms with E-state index >= 15 is 0 Å². The molecule has 1 fully saturated rings. The van der Waals surface area contributed by atoms with Gasteiger partial charge in [0, 0.05) is 32.7 Å². The lowest BCUT2D eigenvalue weighted by Crippen LogP contribution is -2.43. The molecule has 2 N–H and O–H groups in total. The Hall–Kier alpha value is -2.08. The molecule has 0 radical (unpaired) electrons. The van der Waals surface area contributed by atoms with Crippen molar-refractivity contribution in [1.82, 2.24) is 10.2 Å². The number of amides is 2. The van der Waals surface area contributed by atoms with Crippen molar-refractivity contribution in [2.45, 2.75) is 25.9 Å². The number of aliphatic carboxylic acids is 1. The van der Waals surface area contributed by atoms with E-state index in [-0.39, 0.29) is 24.6 Å². The van der Waals surface area contributed by atoms with Crippen molar-refractivity contribution in [2.24, 2.45) is 11.8 Å². The third kappa shape index (κ3) is 4.96. The van der Waals surface area contributed by atoms with Crippen LogP contribution in [-0.4, -0.2) is 48.8 Å². The van der Waals surface area contributed by atoms with Gasteiger partial charge in [0.25, 0.3) is 0 Å². The zero-order chi connectivity index (χ0) is 17.5. The fourth-order valence-electron chi connectivity index (χ4n) is 2.99. The van der Waals surface area contributed by atoms with Gasteiger partial charge in [-0.15, -0.1) is 0 Å². The number of ether oxygens (including phenoxy) is 1. The van der Waals surface area contributed by atoms with Crippen molar-refractivity contribution < 1.29 is 19.4 Å². The zero-order valence-electron chi connectivity index (χ0n) is 14.3. The third-order valence-electron chi connectivity index (χ3n) is 4.40. The van der Waals surface area contributed by atoms with E-state index < -0.39 is 11.9 Å². The fourth-order valence-corrected chi connectivity index (χ4v) is 2.99. The summed E-state index contributed by atoms with van der Waals surface area (Å²) >= 11 is 0. The molecule has 1 aliphatic heterocycles. The number of carboxylic acids is 1.